The van der Waals surface area contributed by atoms with Crippen LogP contribution in [0.15, 0.2) is 30.5 Å². The molecule has 3 aromatic rings. The third kappa shape index (κ3) is 6.62. The quantitative estimate of drug-likeness (QED) is 0.367. The van der Waals surface area contributed by atoms with Gasteiger partial charge in [0, 0.05) is 47.4 Å². The number of benzene rings is 1. The highest BCUT2D eigenvalue weighted by atomic mass is 35.5. The summed E-state index contributed by atoms with van der Waals surface area (Å²) in [4.78, 5) is 19.7. The molecule has 0 unspecified atom stereocenters. The first-order valence-corrected chi connectivity index (χ1v) is 14.7. The normalized spacial score (nSPS) is 24.5. The van der Waals surface area contributed by atoms with Crippen molar-refractivity contribution in [3.05, 3.63) is 62.3 Å². The molecule has 0 amide bonds. The number of hydrogen-bond acceptors (Lipinski definition) is 7. The van der Waals surface area contributed by atoms with Gasteiger partial charge in [0.25, 0.3) is 0 Å². The average molecular weight is 558 g/mol. The number of aryl methyl sites for hydroxylation is 3. The number of aliphatic carboxylic acids is 1. The van der Waals surface area contributed by atoms with Crippen LogP contribution >= 0.6 is 22.9 Å². The summed E-state index contributed by atoms with van der Waals surface area (Å²) in [6.07, 6.45) is 7.94. The molecular formula is C28H36ClN5O3S. The van der Waals surface area contributed by atoms with Crippen LogP contribution in [0, 0.1) is 13.8 Å². The van der Waals surface area contributed by atoms with Gasteiger partial charge in [-0.05, 0) is 70.1 Å². The van der Waals surface area contributed by atoms with E-state index in [2.05, 4.69) is 41.2 Å². The fraction of sp³-hybridized carbons (Fsp3) is 0.571. The lowest BCUT2D eigenvalue weighted by atomic mass is 9.84. The van der Waals surface area contributed by atoms with Crippen LogP contribution in [0.3, 0.4) is 0 Å². The lowest BCUT2D eigenvalue weighted by Gasteiger charge is -2.46. The number of thiazole rings is 1. The summed E-state index contributed by atoms with van der Waals surface area (Å²) in [7, 11) is 0. The zero-order chi connectivity index (χ0) is 26.6. The van der Waals surface area contributed by atoms with Crippen LogP contribution in [0.4, 0.5) is 0 Å². The van der Waals surface area contributed by atoms with E-state index < -0.39 is 5.97 Å². The van der Waals surface area contributed by atoms with Crippen molar-refractivity contribution in [2.45, 2.75) is 89.4 Å². The number of rotatable bonds is 9. The van der Waals surface area contributed by atoms with Crippen molar-refractivity contribution in [3.8, 4) is 0 Å². The molecule has 38 heavy (non-hydrogen) atoms. The number of carbonyl (C=O) groups is 1. The second kappa shape index (κ2) is 12.2. The largest absolute Gasteiger partial charge is 0.481 e. The molecule has 2 atom stereocenters. The number of hydrogen-bond donors (Lipinski definition) is 1. The number of ether oxygens (including phenoxy) is 1. The molecule has 0 bridgehead atoms. The Labute approximate surface area is 233 Å². The number of nitrogens with zero attached hydrogens (tertiary/aromatic N) is 5. The minimum Gasteiger partial charge on any atom is -0.481 e. The van der Waals surface area contributed by atoms with Gasteiger partial charge in [-0.1, -0.05) is 28.9 Å². The molecule has 2 aliphatic rings. The molecular weight excluding hydrogens is 522 g/mol. The molecule has 1 saturated heterocycles. The van der Waals surface area contributed by atoms with Crippen molar-refractivity contribution in [1.29, 1.82) is 0 Å². The molecule has 0 radical (unpaired) electrons. The molecule has 2 fully saturated rings. The van der Waals surface area contributed by atoms with E-state index in [0.29, 0.717) is 31.5 Å². The van der Waals surface area contributed by atoms with Crippen LogP contribution < -0.4 is 0 Å². The van der Waals surface area contributed by atoms with Crippen LogP contribution in [-0.4, -0.2) is 61.2 Å². The molecule has 1 aliphatic carbocycles. The first-order valence-electron chi connectivity index (χ1n) is 13.5. The fourth-order valence-electron chi connectivity index (χ4n) is 5.70. The lowest BCUT2D eigenvalue weighted by Crippen LogP contribution is -2.53. The van der Waals surface area contributed by atoms with Crippen molar-refractivity contribution < 1.29 is 14.6 Å². The van der Waals surface area contributed by atoms with E-state index in [4.69, 9.17) is 26.4 Å². The lowest BCUT2D eigenvalue weighted by molar-refractivity contribution is -0.137. The van der Waals surface area contributed by atoms with Crippen molar-refractivity contribution in [2.24, 2.45) is 0 Å². The van der Waals surface area contributed by atoms with E-state index in [-0.39, 0.29) is 18.6 Å². The summed E-state index contributed by atoms with van der Waals surface area (Å²) >= 11 is 8.00. The standard InChI is InChI=1S/C28H36ClN5O3S/c1-18-19(2)38-28(30-18)21-7-11-23(12-8-21)34-16-26(25-15-33(32-31-25)13-3-4-27(35)36)37-17-24(34)14-20-5-9-22(29)10-6-20/h5-6,9-10,15,21,23-24,26H,3-4,7-8,11-14,16-17H2,1-2H3,(H,35,36)/t21?,23?,24-,26+/m0/s1. The Bertz CT molecular complexity index is 1200. The van der Waals surface area contributed by atoms with Gasteiger partial charge in [0.1, 0.15) is 11.8 Å². The molecule has 0 spiro atoms. The van der Waals surface area contributed by atoms with E-state index in [9.17, 15) is 4.79 Å². The Morgan fingerprint density at radius 1 is 1.18 bits per heavy atom. The van der Waals surface area contributed by atoms with Gasteiger partial charge in [-0.25, -0.2) is 4.98 Å². The Hall–Kier alpha value is -2.33. The van der Waals surface area contributed by atoms with Gasteiger partial charge in [0.2, 0.25) is 0 Å². The minimum absolute atomic E-state index is 0.123. The van der Waals surface area contributed by atoms with Crippen LogP contribution in [0.1, 0.15) is 77.4 Å². The second-order valence-electron chi connectivity index (χ2n) is 10.6. The predicted octanol–water partition coefficient (Wildman–Crippen LogP) is 5.58. The Morgan fingerprint density at radius 3 is 2.63 bits per heavy atom. The van der Waals surface area contributed by atoms with Crippen LogP contribution in [0.25, 0.3) is 0 Å². The van der Waals surface area contributed by atoms with Crippen LogP contribution in [0.2, 0.25) is 5.02 Å². The van der Waals surface area contributed by atoms with Gasteiger partial charge in [0.15, 0.2) is 0 Å². The number of halogens is 1. The van der Waals surface area contributed by atoms with Gasteiger partial charge in [0.05, 0.1) is 23.5 Å². The smallest absolute Gasteiger partial charge is 0.303 e. The maximum Gasteiger partial charge on any atom is 0.303 e. The van der Waals surface area contributed by atoms with Gasteiger partial charge in [-0.3, -0.25) is 14.4 Å². The van der Waals surface area contributed by atoms with Crippen molar-refractivity contribution >= 4 is 28.9 Å². The molecule has 1 aromatic carbocycles. The molecule has 5 rings (SSSR count). The molecule has 3 heterocycles. The zero-order valence-corrected chi connectivity index (χ0v) is 23.6. The zero-order valence-electron chi connectivity index (χ0n) is 22.1. The number of carboxylic acids is 1. The maximum absolute atomic E-state index is 10.8. The molecule has 1 aliphatic heterocycles. The number of carboxylic acid groups (broad SMARTS) is 1. The molecule has 2 aromatic heterocycles. The molecule has 1 saturated carbocycles. The van der Waals surface area contributed by atoms with Crippen LogP contribution in [0.5, 0.6) is 0 Å². The van der Waals surface area contributed by atoms with Gasteiger partial charge < -0.3 is 9.84 Å². The summed E-state index contributed by atoms with van der Waals surface area (Å²) < 4.78 is 8.10. The first-order chi connectivity index (χ1) is 18.4. The van der Waals surface area contributed by atoms with Gasteiger partial charge >= 0.3 is 5.97 Å². The van der Waals surface area contributed by atoms with Crippen molar-refractivity contribution in [1.82, 2.24) is 24.9 Å². The van der Waals surface area contributed by atoms with E-state index >= 15 is 0 Å². The monoisotopic (exact) mass is 557 g/mol. The second-order valence-corrected chi connectivity index (χ2v) is 12.3. The van der Waals surface area contributed by atoms with Crippen molar-refractivity contribution in [2.75, 3.05) is 13.2 Å². The van der Waals surface area contributed by atoms with E-state index in [1.807, 2.05) is 29.7 Å². The molecule has 10 heteroatoms. The van der Waals surface area contributed by atoms with Crippen molar-refractivity contribution in [3.63, 3.8) is 0 Å². The Balaban J connectivity index is 1.27. The van der Waals surface area contributed by atoms with E-state index in [1.54, 1.807) is 4.68 Å². The summed E-state index contributed by atoms with van der Waals surface area (Å²) in [6.45, 7) is 6.22. The fourth-order valence-corrected chi connectivity index (χ4v) is 6.92. The van der Waals surface area contributed by atoms with E-state index in [1.165, 1.54) is 21.1 Å². The number of morpholine rings is 1. The maximum atomic E-state index is 10.8. The summed E-state index contributed by atoms with van der Waals surface area (Å²) in [5.41, 5.74) is 3.25. The number of aromatic nitrogens is 4. The highest BCUT2D eigenvalue weighted by Crippen LogP contribution is 2.39. The first kappa shape index (κ1) is 27.2. The highest BCUT2D eigenvalue weighted by Gasteiger charge is 2.37. The van der Waals surface area contributed by atoms with E-state index in [0.717, 1.165) is 49.4 Å². The highest BCUT2D eigenvalue weighted by molar-refractivity contribution is 7.11. The third-order valence-corrected chi connectivity index (χ3v) is 9.43. The Morgan fingerprint density at radius 2 is 1.95 bits per heavy atom. The molecule has 1 N–H and O–H groups in total. The minimum atomic E-state index is -0.793. The summed E-state index contributed by atoms with van der Waals surface area (Å²) in [6, 6.07) is 8.91. The Kier molecular flexibility index (Phi) is 8.77. The topological polar surface area (TPSA) is 93.4 Å². The third-order valence-electron chi connectivity index (χ3n) is 7.94. The van der Waals surface area contributed by atoms with Crippen LogP contribution in [-0.2, 0) is 22.5 Å². The predicted molar refractivity (Wildman–Crippen MR) is 148 cm³/mol. The summed E-state index contributed by atoms with van der Waals surface area (Å²) in [5, 5.41) is 19.6. The van der Waals surface area contributed by atoms with Gasteiger partial charge in [-0.2, -0.15) is 0 Å². The molecule has 8 nitrogen and oxygen atoms in total. The average Bonchev–Trinajstić information content (AvgIpc) is 3.52. The summed E-state index contributed by atoms with van der Waals surface area (Å²) in [5.74, 6) is -0.237. The van der Waals surface area contributed by atoms with Gasteiger partial charge in [-0.15, -0.1) is 16.4 Å². The molecule has 204 valence electrons. The SMILES string of the molecule is Cc1nc(C2CCC(N3C[C@H](c4cn(CCCC(=O)O)nn4)OC[C@@H]3Cc3ccc(Cl)cc3)CC2)sc1C.